The number of hydrogen-bond acceptors (Lipinski definition) is 3. The lowest BCUT2D eigenvalue weighted by Gasteiger charge is -2.21. The fourth-order valence-electron chi connectivity index (χ4n) is 1.14. The van der Waals surface area contributed by atoms with E-state index in [9.17, 15) is 0 Å². The third-order valence-electron chi connectivity index (χ3n) is 2.13. The summed E-state index contributed by atoms with van der Waals surface area (Å²) in [4.78, 5) is 0. The monoisotopic (exact) mass is 183 g/mol. The number of hydrogen-bond donors (Lipinski definition) is 1. The van der Waals surface area contributed by atoms with Crippen LogP contribution in [0.15, 0.2) is 6.07 Å². The van der Waals surface area contributed by atoms with Crippen molar-refractivity contribution in [3.8, 4) is 0 Å². The molecule has 74 valence electrons. The lowest BCUT2D eigenvalue weighted by atomic mass is 10.0. The first-order valence-electron chi connectivity index (χ1n) is 4.28. The Kier molecular flexibility index (Phi) is 2.61. The van der Waals surface area contributed by atoms with Gasteiger partial charge in [-0.25, -0.2) is 0 Å². The minimum absolute atomic E-state index is 0.180. The van der Waals surface area contributed by atoms with Gasteiger partial charge in [0, 0.05) is 26.6 Å². The van der Waals surface area contributed by atoms with E-state index in [0.29, 0.717) is 5.82 Å². The highest BCUT2D eigenvalue weighted by Gasteiger charge is 2.18. The van der Waals surface area contributed by atoms with E-state index in [-0.39, 0.29) is 5.60 Å². The highest BCUT2D eigenvalue weighted by molar-refractivity contribution is 5.30. The number of nitrogen functional groups attached to an aromatic ring is 1. The molecule has 0 saturated heterocycles. The van der Waals surface area contributed by atoms with Crippen LogP contribution in [0, 0.1) is 0 Å². The van der Waals surface area contributed by atoms with Crippen LogP contribution in [-0.4, -0.2) is 22.5 Å². The number of methoxy groups -OCH3 is 1. The summed E-state index contributed by atoms with van der Waals surface area (Å²) in [6, 6.07) is 1.88. The Bertz CT molecular complexity index is 272. The number of aryl methyl sites for hydroxylation is 1. The van der Waals surface area contributed by atoms with Gasteiger partial charge in [-0.05, 0) is 13.8 Å². The summed E-state index contributed by atoms with van der Waals surface area (Å²) in [5.41, 5.74) is 6.45. The van der Waals surface area contributed by atoms with Crippen LogP contribution in [0.3, 0.4) is 0 Å². The third-order valence-corrected chi connectivity index (χ3v) is 2.13. The van der Waals surface area contributed by atoms with E-state index in [1.807, 2.05) is 27.0 Å². The lowest BCUT2D eigenvalue weighted by Crippen LogP contribution is -2.25. The molecule has 0 unspecified atom stereocenters. The largest absolute Gasteiger partial charge is 0.384 e. The van der Waals surface area contributed by atoms with Crippen LogP contribution in [0.5, 0.6) is 0 Å². The Balaban J connectivity index is 2.75. The number of anilines is 1. The molecule has 13 heavy (non-hydrogen) atoms. The molecule has 0 aliphatic rings. The van der Waals surface area contributed by atoms with Crippen LogP contribution < -0.4 is 5.73 Å². The maximum Gasteiger partial charge on any atom is 0.121 e. The Morgan fingerprint density at radius 1 is 1.62 bits per heavy atom. The van der Waals surface area contributed by atoms with Crippen molar-refractivity contribution in [1.82, 2.24) is 9.78 Å². The summed E-state index contributed by atoms with van der Waals surface area (Å²) >= 11 is 0. The van der Waals surface area contributed by atoms with Gasteiger partial charge in [-0.1, -0.05) is 0 Å². The minimum atomic E-state index is -0.180. The van der Waals surface area contributed by atoms with Gasteiger partial charge in [0.15, 0.2) is 0 Å². The summed E-state index contributed by atoms with van der Waals surface area (Å²) < 4.78 is 6.97. The van der Waals surface area contributed by atoms with Gasteiger partial charge in [-0.2, -0.15) is 5.10 Å². The van der Waals surface area contributed by atoms with E-state index in [1.54, 1.807) is 11.8 Å². The van der Waals surface area contributed by atoms with Crippen LogP contribution in [-0.2, 0) is 18.2 Å². The molecular weight excluding hydrogens is 166 g/mol. The van der Waals surface area contributed by atoms with Crippen molar-refractivity contribution in [3.63, 3.8) is 0 Å². The van der Waals surface area contributed by atoms with E-state index >= 15 is 0 Å². The zero-order valence-electron chi connectivity index (χ0n) is 8.66. The van der Waals surface area contributed by atoms with Gasteiger partial charge in [-0.3, -0.25) is 4.68 Å². The van der Waals surface area contributed by atoms with Gasteiger partial charge < -0.3 is 10.5 Å². The second-order valence-corrected chi connectivity index (χ2v) is 3.82. The molecule has 2 N–H and O–H groups in total. The molecule has 0 fully saturated rings. The van der Waals surface area contributed by atoms with Crippen molar-refractivity contribution in [1.29, 1.82) is 0 Å². The minimum Gasteiger partial charge on any atom is -0.384 e. The molecule has 4 heteroatoms. The van der Waals surface area contributed by atoms with Crippen molar-refractivity contribution in [2.45, 2.75) is 25.9 Å². The second-order valence-electron chi connectivity index (χ2n) is 3.82. The van der Waals surface area contributed by atoms with E-state index in [4.69, 9.17) is 10.5 Å². The Morgan fingerprint density at radius 3 is 2.62 bits per heavy atom. The smallest absolute Gasteiger partial charge is 0.121 e. The maximum absolute atomic E-state index is 5.66. The molecule has 1 aromatic heterocycles. The van der Waals surface area contributed by atoms with E-state index < -0.39 is 0 Å². The van der Waals surface area contributed by atoms with Crippen molar-refractivity contribution < 1.29 is 4.74 Å². The van der Waals surface area contributed by atoms with Gasteiger partial charge in [-0.15, -0.1) is 0 Å². The van der Waals surface area contributed by atoms with Crippen molar-refractivity contribution in [3.05, 3.63) is 11.8 Å². The van der Waals surface area contributed by atoms with Crippen LogP contribution in [0.2, 0.25) is 0 Å². The fourth-order valence-corrected chi connectivity index (χ4v) is 1.14. The molecular formula is C9H17N3O. The molecule has 1 heterocycles. The molecule has 0 aliphatic carbocycles. The van der Waals surface area contributed by atoms with E-state index in [2.05, 4.69) is 5.10 Å². The van der Waals surface area contributed by atoms with Crippen LogP contribution >= 0.6 is 0 Å². The van der Waals surface area contributed by atoms with Crippen LogP contribution in [0.1, 0.15) is 19.5 Å². The SMILES string of the molecule is COC(C)(C)Cc1cc(N)n(C)n1. The molecule has 1 aromatic rings. The highest BCUT2D eigenvalue weighted by Crippen LogP contribution is 2.16. The first-order chi connectivity index (χ1) is 5.94. The second kappa shape index (κ2) is 3.38. The Labute approximate surface area is 78.7 Å². The molecule has 0 amide bonds. The molecule has 0 atom stereocenters. The van der Waals surface area contributed by atoms with Gasteiger partial charge in [0.25, 0.3) is 0 Å². The number of nitrogens with zero attached hydrogens (tertiary/aromatic N) is 2. The van der Waals surface area contributed by atoms with Crippen LogP contribution in [0.25, 0.3) is 0 Å². The van der Waals surface area contributed by atoms with Gasteiger partial charge in [0.2, 0.25) is 0 Å². The normalized spacial score (nSPS) is 12.0. The zero-order valence-corrected chi connectivity index (χ0v) is 8.66. The lowest BCUT2D eigenvalue weighted by molar-refractivity contribution is 0.0223. The number of aromatic nitrogens is 2. The maximum atomic E-state index is 5.66. The molecule has 1 rings (SSSR count). The van der Waals surface area contributed by atoms with Gasteiger partial charge >= 0.3 is 0 Å². The topological polar surface area (TPSA) is 53.1 Å². The number of nitrogens with two attached hydrogens (primary N) is 1. The van der Waals surface area contributed by atoms with Crippen LogP contribution in [0.4, 0.5) is 5.82 Å². The first-order valence-corrected chi connectivity index (χ1v) is 4.28. The molecule has 0 aliphatic heterocycles. The Hall–Kier alpha value is -1.03. The third kappa shape index (κ3) is 2.45. The highest BCUT2D eigenvalue weighted by atomic mass is 16.5. The van der Waals surface area contributed by atoms with Crippen molar-refractivity contribution in [2.24, 2.45) is 7.05 Å². The summed E-state index contributed by atoms with van der Waals surface area (Å²) in [5.74, 6) is 0.682. The predicted molar refractivity (Wildman–Crippen MR) is 52.4 cm³/mol. The molecule has 0 radical (unpaired) electrons. The predicted octanol–water partition coefficient (Wildman–Crippen LogP) is 0.970. The summed E-state index contributed by atoms with van der Waals surface area (Å²) in [6.45, 7) is 4.05. The summed E-state index contributed by atoms with van der Waals surface area (Å²) in [6.07, 6.45) is 0.772. The van der Waals surface area contributed by atoms with Gasteiger partial charge in [0.05, 0.1) is 11.3 Å². The average molecular weight is 183 g/mol. The summed E-state index contributed by atoms with van der Waals surface area (Å²) in [5, 5.41) is 4.26. The molecule has 0 spiro atoms. The van der Waals surface area contributed by atoms with Gasteiger partial charge in [0.1, 0.15) is 5.82 Å². The standard InChI is InChI=1S/C9H17N3O/c1-9(2,13-4)6-7-5-8(10)12(3)11-7/h5H,6,10H2,1-4H3. The average Bonchev–Trinajstić information content (AvgIpc) is 2.30. The molecule has 4 nitrogen and oxygen atoms in total. The fraction of sp³-hybridized carbons (Fsp3) is 0.667. The first kappa shape index (κ1) is 10.1. The van der Waals surface area contributed by atoms with E-state index in [0.717, 1.165) is 12.1 Å². The van der Waals surface area contributed by atoms with E-state index in [1.165, 1.54) is 0 Å². The quantitative estimate of drug-likeness (QED) is 0.759. The number of ether oxygens (including phenoxy) is 1. The molecule has 0 bridgehead atoms. The molecule has 0 aromatic carbocycles. The number of rotatable bonds is 3. The Morgan fingerprint density at radius 2 is 2.23 bits per heavy atom. The molecule has 0 saturated carbocycles. The van der Waals surface area contributed by atoms with Crippen molar-refractivity contribution >= 4 is 5.82 Å². The zero-order chi connectivity index (χ0) is 10.1. The summed E-state index contributed by atoms with van der Waals surface area (Å²) in [7, 11) is 3.53. The van der Waals surface area contributed by atoms with Crippen molar-refractivity contribution in [2.75, 3.05) is 12.8 Å².